The molecule has 5 atom stereocenters. The minimum atomic E-state index is -0.667. The van der Waals surface area contributed by atoms with Crippen molar-refractivity contribution in [2.24, 2.45) is 17.8 Å². The van der Waals surface area contributed by atoms with Gasteiger partial charge in [-0.05, 0) is 24.3 Å². The molecule has 0 N–H and O–H groups in total. The molecular formula is C24H17NO4. The summed E-state index contributed by atoms with van der Waals surface area (Å²) in [5.41, 5.74) is 1.35. The number of carbonyl (C=O) groups excluding carboxylic acids is 3. The average Bonchev–Trinajstić information content (AvgIpc) is 3.08. The molecule has 29 heavy (non-hydrogen) atoms. The van der Waals surface area contributed by atoms with Gasteiger partial charge in [0.2, 0.25) is 0 Å². The SMILES string of the molecule is O=C1OC(=O)[C@H]2[C@H]1[C@@H]1C=C[C@H]2N(C(=O)c2ccccc2)[C@H]1C#Cc1ccccc1. The summed E-state index contributed by atoms with van der Waals surface area (Å²) in [6.45, 7) is 0. The molecule has 6 rings (SSSR count). The Morgan fingerprint density at radius 2 is 1.52 bits per heavy atom. The van der Waals surface area contributed by atoms with Crippen LogP contribution in [0.4, 0.5) is 0 Å². The Bertz CT molecular complexity index is 1080. The minimum Gasteiger partial charge on any atom is -0.393 e. The predicted molar refractivity (Wildman–Crippen MR) is 104 cm³/mol. The number of hydrogen-bond acceptors (Lipinski definition) is 4. The number of cyclic esters (lactones) is 2. The number of carbonyl (C=O) groups is 3. The molecule has 0 aromatic heterocycles. The average molecular weight is 383 g/mol. The van der Waals surface area contributed by atoms with E-state index in [2.05, 4.69) is 11.8 Å². The molecule has 1 aliphatic carbocycles. The number of amides is 1. The third kappa shape index (κ3) is 2.76. The lowest BCUT2D eigenvalue weighted by molar-refractivity contribution is -0.153. The highest BCUT2D eigenvalue weighted by atomic mass is 16.6. The standard InChI is InChI=1S/C24H17NO4/c26-22(16-9-5-2-6-10-16)25-18(13-11-15-7-3-1-4-8-15)17-12-14-19(25)21-20(17)23(27)29-24(21)28/h1-10,12,14,17-21H/t17-,18+,19-,20-,21-/m1/s1. The molecule has 5 nitrogen and oxygen atoms in total. The Labute approximate surface area is 168 Å². The highest BCUT2D eigenvalue weighted by Crippen LogP contribution is 2.47. The Morgan fingerprint density at radius 3 is 2.24 bits per heavy atom. The quantitative estimate of drug-likeness (QED) is 0.328. The number of piperidine rings is 1. The smallest absolute Gasteiger partial charge is 0.319 e. The van der Waals surface area contributed by atoms with Gasteiger partial charge in [-0.25, -0.2) is 0 Å². The molecule has 0 saturated carbocycles. The van der Waals surface area contributed by atoms with Crippen LogP contribution in [0.15, 0.2) is 72.8 Å². The molecule has 3 heterocycles. The van der Waals surface area contributed by atoms with Crippen LogP contribution in [0, 0.1) is 29.6 Å². The van der Waals surface area contributed by atoms with Crippen molar-refractivity contribution in [3.05, 3.63) is 83.9 Å². The molecule has 0 spiro atoms. The minimum absolute atomic E-state index is 0.206. The van der Waals surface area contributed by atoms with E-state index in [1.54, 1.807) is 29.2 Å². The van der Waals surface area contributed by atoms with Crippen molar-refractivity contribution in [3.8, 4) is 11.8 Å². The van der Waals surface area contributed by atoms with E-state index in [-0.39, 0.29) is 11.8 Å². The molecule has 1 amide bonds. The maximum atomic E-state index is 13.4. The number of rotatable bonds is 1. The van der Waals surface area contributed by atoms with Crippen molar-refractivity contribution in [1.82, 2.24) is 4.90 Å². The summed E-state index contributed by atoms with van der Waals surface area (Å²) in [6, 6.07) is 17.3. The van der Waals surface area contributed by atoms with E-state index < -0.39 is 35.9 Å². The first-order valence-electron chi connectivity index (χ1n) is 9.53. The zero-order chi connectivity index (χ0) is 20.0. The van der Waals surface area contributed by atoms with Crippen LogP contribution in [0.25, 0.3) is 0 Å². The summed E-state index contributed by atoms with van der Waals surface area (Å²) in [5.74, 6) is 3.41. The van der Waals surface area contributed by atoms with Gasteiger partial charge in [-0.2, -0.15) is 0 Å². The molecule has 2 aromatic rings. The molecule has 2 saturated heterocycles. The Kier molecular flexibility index (Phi) is 4.06. The lowest BCUT2D eigenvalue weighted by atomic mass is 9.66. The van der Waals surface area contributed by atoms with Crippen molar-refractivity contribution >= 4 is 17.8 Å². The van der Waals surface area contributed by atoms with Crippen molar-refractivity contribution in [2.45, 2.75) is 12.1 Å². The molecule has 4 aliphatic rings. The number of hydrogen-bond donors (Lipinski definition) is 0. The molecule has 142 valence electrons. The second-order valence-corrected chi connectivity index (χ2v) is 7.40. The van der Waals surface area contributed by atoms with Gasteiger partial charge in [0.1, 0.15) is 6.04 Å². The van der Waals surface area contributed by atoms with Crippen LogP contribution in [0.3, 0.4) is 0 Å². The van der Waals surface area contributed by atoms with Crippen LogP contribution >= 0.6 is 0 Å². The van der Waals surface area contributed by atoms with Crippen LogP contribution < -0.4 is 0 Å². The second-order valence-electron chi connectivity index (χ2n) is 7.40. The first kappa shape index (κ1) is 17.4. The Balaban J connectivity index is 1.59. The summed E-state index contributed by atoms with van der Waals surface area (Å²) in [4.78, 5) is 39.7. The number of fused-ring (bicyclic) bond motifs is 1. The van der Waals surface area contributed by atoms with Gasteiger partial charge in [0.25, 0.3) is 5.91 Å². The Hall–Kier alpha value is -3.65. The predicted octanol–water partition coefficient (Wildman–Crippen LogP) is 2.43. The van der Waals surface area contributed by atoms with Crippen molar-refractivity contribution in [2.75, 3.05) is 0 Å². The normalized spacial score (nSPS) is 29.1. The van der Waals surface area contributed by atoms with Gasteiger partial charge in [-0.3, -0.25) is 14.4 Å². The number of benzene rings is 2. The van der Waals surface area contributed by atoms with Crippen molar-refractivity contribution < 1.29 is 19.1 Å². The Morgan fingerprint density at radius 1 is 0.862 bits per heavy atom. The second kappa shape index (κ2) is 6.75. The number of ether oxygens (including phenoxy) is 1. The summed E-state index contributed by atoms with van der Waals surface area (Å²) in [5, 5.41) is 0. The van der Waals surface area contributed by atoms with Gasteiger partial charge in [0.05, 0.1) is 17.9 Å². The lowest BCUT2D eigenvalue weighted by Gasteiger charge is -2.49. The van der Waals surface area contributed by atoms with Crippen molar-refractivity contribution in [3.63, 3.8) is 0 Å². The first-order chi connectivity index (χ1) is 14.1. The molecule has 2 bridgehead atoms. The lowest BCUT2D eigenvalue weighted by Crippen LogP contribution is -2.62. The van der Waals surface area contributed by atoms with Crippen LogP contribution in [-0.2, 0) is 14.3 Å². The van der Waals surface area contributed by atoms with E-state index in [0.29, 0.717) is 5.56 Å². The van der Waals surface area contributed by atoms with E-state index in [9.17, 15) is 14.4 Å². The van der Waals surface area contributed by atoms with Gasteiger partial charge in [0, 0.05) is 17.0 Å². The largest absolute Gasteiger partial charge is 0.393 e. The van der Waals surface area contributed by atoms with Gasteiger partial charge >= 0.3 is 11.9 Å². The van der Waals surface area contributed by atoms with Crippen LogP contribution in [0.2, 0.25) is 0 Å². The van der Waals surface area contributed by atoms with Crippen LogP contribution in [0.1, 0.15) is 15.9 Å². The van der Waals surface area contributed by atoms with Gasteiger partial charge in [0.15, 0.2) is 0 Å². The van der Waals surface area contributed by atoms with Crippen LogP contribution in [-0.4, -0.2) is 34.8 Å². The van der Waals surface area contributed by atoms with Gasteiger partial charge in [-0.15, -0.1) is 0 Å². The molecule has 5 heteroatoms. The van der Waals surface area contributed by atoms with E-state index in [0.717, 1.165) is 5.56 Å². The summed E-state index contributed by atoms with van der Waals surface area (Å²) in [6.07, 6.45) is 3.75. The fraction of sp³-hybridized carbons (Fsp3) is 0.208. The maximum Gasteiger partial charge on any atom is 0.319 e. The topological polar surface area (TPSA) is 63.7 Å². The van der Waals surface area contributed by atoms with E-state index in [1.807, 2.05) is 48.6 Å². The molecule has 0 unspecified atom stereocenters. The van der Waals surface area contributed by atoms with Gasteiger partial charge < -0.3 is 9.64 Å². The van der Waals surface area contributed by atoms with E-state index in [4.69, 9.17) is 4.74 Å². The molecule has 0 radical (unpaired) electrons. The van der Waals surface area contributed by atoms with Gasteiger partial charge in [-0.1, -0.05) is 60.4 Å². The fourth-order valence-electron chi connectivity index (χ4n) is 4.53. The van der Waals surface area contributed by atoms with Crippen molar-refractivity contribution in [1.29, 1.82) is 0 Å². The monoisotopic (exact) mass is 383 g/mol. The fourth-order valence-corrected chi connectivity index (χ4v) is 4.53. The van der Waals surface area contributed by atoms with E-state index >= 15 is 0 Å². The molecule has 2 fully saturated rings. The number of nitrogens with zero attached hydrogens (tertiary/aromatic N) is 1. The third-order valence-electron chi connectivity index (χ3n) is 5.82. The summed E-state index contributed by atoms with van der Waals surface area (Å²) in [7, 11) is 0. The molecule has 2 aromatic carbocycles. The van der Waals surface area contributed by atoms with Crippen LogP contribution in [0.5, 0.6) is 0 Å². The maximum absolute atomic E-state index is 13.4. The summed E-state index contributed by atoms with van der Waals surface area (Å²) < 4.78 is 4.93. The zero-order valence-corrected chi connectivity index (χ0v) is 15.4. The van der Waals surface area contributed by atoms with E-state index in [1.165, 1.54) is 0 Å². The molecule has 3 aliphatic heterocycles. The first-order valence-corrected chi connectivity index (χ1v) is 9.53. The number of esters is 2. The highest BCUT2D eigenvalue weighted by Gasteiger charge is 2.61. The molecular weight excluding hydrogens is 366 g/mol. The zero-order valence-electron chi connectivity index (χ0n) is 15.4. The summed E-state index contributed by atoms with van der Waals surface area (Å²) >= 11 is 0. The highest BCUT2D eigenvalue weighted by molar-refractivity contribution is 6.01. The third-order valence-corrected chi connectivity index (χ3v) is 5.82.